The number of nitrogens with one attached hydrogen (secondary N) is 1. The van der Waals surface area contributed by atoms with Crippen LogP contribution in [0.3, 0.4) is 0 Å². The lowest BCUT2D eigenvalue weighted by molar-refractivity contribution is 0.642. The van der Waals surface area contributed by atoms with Gasteiger partial charge in [0, 0.05) is 30.1 Å². The highest BCUT2D eigenvalue weighted by atomic mass is 35.5. The predicted molar refractivity (Wildman–Crippen MR) is 87.2 cm³/mol. The second kappa shape index (κ2) is 5.98. The van der Waals surface area contributed by atoms with Gasteiger partial charge in [-0.15, -0.1) is 0 Å². The Bertz CT molecular complexity index is 465. The van der Waals surface area contributed by atoms with E-state index < -0.39 is 0 Å². The Balaban J connectivity index is 2.30. The predicted octanol–water partition coefficient (Wildman–Crippen LogP) is 4.15. The molecule has 2 rings (SSSR count). The van der Waals surface area contributed by atoms with Crippen LogP contribution in [0.15, 0.2) is 6.07 Å². The number of halogens is 2. The lowest BCUT2D eigenvalue weighted by atomic mass is 10.2. The molecule has 1 fully saturated rings. The summed E-state index contributed by atoms with van der Waals surface area (Å²) in [7, 11) is 0. The van der Waals surface area contributed by atoms with Gasteiger partial charge in [0.1, 0.15) is 11.6 Å². The van der Waals surface area contributed by atoms with Gasteiger partial charge in [-0.3, -0.25) is 0 Å². The number of hydrogen-bond donors (Lipinski definition) is 1. The molecular formula is C13H19Cl2N3S. The molecule has 3 nitrogen and oxygen atoms in total. The van der Waals surface area contributed by atoms with E-state index in [9.17, 15) is 0 Å². The summed E-state index contributed by atoms with van der Waals surface area (Å²) in [4.78, 5) is 6.84. The van der Waals surface area contributed by atoms with Gasteiger partial charge < -0.3 is 10.2 Å². The normalized spacial score (nSPS) is 18.5. The van der Waals surface area contributed by atoms with Gasteiger partial charge in [-0.2, -0.15) is 11.8 Å². The van der Waals surface area contributed by atoms with E-state index in [0.29, 0.717) is 15.9 Å². The van der Waals surface area contributed by atoms with Crippen LogP contribution >= 0.6 is 35.0 Å². The first-order chi connectivity index (χ1) is 8.93. The molecule has 106 valence electrons. The lowest BCUT2D eigenvalue weighted by Gasteiger charge is -2.38. The monoisotopic (exact) mass is 319 g/mol. The van der Waals surface area contributed by atoms with Crippen molar-refractivity contribution in [1.82, 2.24) is 4.98 Å². The number of anilines is 2. The minimum atomic E-state index is 0.223. The van der Waals surface area contributed by atoms with Crippen molar-refractivity contribution in [2.75, 3.05) is 35.6 Å². The molecule has 1 aliphatic heterocycles. The maximum atomic E-state index is 6.30. The van der Waals surface area contributed by atoms with E-state index in [-0.39, 0.29) is 4.75 Å². The fourth-order valence-corrected chi connectivity index (χ4v) is 3.82. The van der Waals surface area contributed by atoms with Crippen molar-refractivity contribution >= 4 is 46.6 Å². The van der Waals surface area contributed by atoms with Crippen molar-refractivity contribution < 1.29 is 0 Å². The third-order valence-corrected chi connectivity index (χ3v) is 4.84. The zero-order valence-electron chi connectivity index (χ0n) is 11.5. The molecule has 0 aliphatic carbocycles. The first kappa shape index (κ1) is 15.1. The molecule has 19 heavy (non-hydrogen) atoms. The molecule has 0 amide bonds. The van der Waals surface area contributed by atoms with Crippen molar-refractivity contribution in [3.05, 3.63) is 16.1 Å². The second-order valence-corrected chi connectivity index (χ2v) is 7.80. The summed E-state index contributed by atoms with van der Waals surface area (Å²) in [6.45, 7) is 9.21. The molecule has 1 N–H and O–H groups in total. The Morgan fingerprint density at radius 3 is 2.79 bits per heavy atom. The van der Waals surface area contributed by atoms with Gasteiger partial charge in [-0.1, -0.05) is 23.2 Å². The van der Waals surface area contributed by atoms with Crippen molar-refractivity contribution in [2.45, 2.75) is 25.5 Å². The van der Waals surface area contributed by atoms with Crippen LogP contribution in [0.1, 0.15) is 20.8 Å². The van der Waals surface area contributed by atoms with Crippen molar-refractivity contribution in [2.24, 2.45) is 0 Å². The maximum absolute atomic E-state index is 6.30. The fourth-order valence-electron chi connectivity index (χ4n) is 2.17. The Morgan fingerprint density at radius 1 is 1.42 bits per heavy atom. The van der Waals surface area contributed by atoms with Crippen LogP contribution in [0, 0.1) is 0 Å². The Morgan fingerprint density at radius 2 is 2.16 bits per heavy atom. The number of aromatic nitrogens is 1. The van der Waals surface area contributed by atoms with Gasteiger partial charge in [0.15, 0.2) is 0 Å². The number of hydrogen-bond acceptors (Lipinski definition) is 4. The standard InChI is InChI=1S/C13H19Cl2N3S/c1-4-16-11-9(14)7-10(15)12(17-11)18-5-6-19-13(2,3)8-18/h7H,4-6,8H2,1-3H3,(H,16,17). The van der Waals surface area contributed by atoms with Gasteiger partial charge in [0.05, 0.1) is 10.0 Å². The van der Waals surface area contributed by atoms with Gasteiger partial charge in [0.25, 0.3) is 0 Å². The highest BCUT2D eigenvalue weighted by Crippen LogP contribution is 2.36. The highest BCUT2D eigenvalue weighted by molar-refractivity contribution is 8.00. The van der Waals surface area contributed by atoms with Crippen molar-refractivity contribution in [3.8, 4) is 0 Å². The highest BCUT2D eigenvalue weighted by Gasteiger charge is 2.29. The topological polar surface area (TPSA) is 28.2 Å². The summed E-state index contributed by atoms with van der Waals surface area (Å²) >= 11 is 14.4. The van der Waals surface area contributed by atoms with Crippen LogP contribution in [0.2, 0.25) is 10.0 Å². The van der Waals surface area contributed by atoms with E-state index >= 15 is 0 Å². The second-order valence-electron chi connectivity index (χ2n) is 5.18. The Hall–Kier alpha value is -0.320. The molecule has 0 bridgehead atoms. The third kappa shape index (κ3) is 3.61. The molecule has 2 heterocycles. The van der Waals surface area contributed by atoms with Crippen LogP contribution in [-0.2, 0) is 0 Å². The van der Waals surface area contributed by atoms with Crippen LogP contribution in [-0.4, -0.2) is 35.1 Å². The quantitative estimate of drug-likeness (QED) is 0.905. The smallest absolute Gasteiger partial charge is 0.150 e. The molecule has 1 aromatic heterocycles. The molecule has 1 aliphatic rings. The van der Waals surface area contributed by atoms with Crippen LogP contribution in [0.4, 0.5) is 11.6 Å². The first-order valence-electron chi connectivity index (χ1n) is 6.42. The van der Waals surface area contributed by atoms with Crippen LogP contribution in [0.25, 0.3) is 0 Å². The molecular weight excluding hydrogens is 301 g/mol. The van der Waals surface area contributed by atoms with Gasteiger partial charge in [-0.05, 0) is 26.8 Å². The molecule has 0 aromatic carbocycles. The number of pyridine rings is 1. The minimum Gasteiger partial charge on any atom is -0.369 e. The fraction of sp³-hybridized carbons (Fsp3) is 0.615. The van der Waals surface area contributed by atoms with E-state index in [2.05, 4.69) is 29.0 Å². The number of nitrogens with zero attached hydrogens (tertiary/aromatic N) is 2. The lowest BCUT2D eigenvalue weighted by Crippen LogP contribution is -2.43. The largest absolute Gasteiger partial charge is 0.369 e. The molecule has 1 aromatic rings. The summed E-state index contributed by atoms with van der Waals surface area (Å²) in [5.41, 5.74) is 0. The van der Waals surface area contributed by atoms with Crippen LogP contribution < -0.4 is 10.2 Å². The number of thioether (sulfide) groups is 1. The van der Waals surface area contributed by atoms with Crippen molar-refractivity contribution in [1.29, 1.82) is 0 Å². The summed E-state index contributed by atoms with van der Waals surface area (Å²) in [6, 6.07) is 1.78. The maximum Gasteiger partial charge on any atom is 0.150 e. The zero-order chi connectivity index (χ0) is 14.0. The minimum absolute atomic E-state index is 0.223. The molecule has 6 heteroatoms. The SMILES string of the molecule is CCNc1nc(N2CCSC(C)(C)C2)c(Cl)cc1Cl. The first-order valence-corrected chi connectivity index (χ1v) is 8.16. The van der Waals surface area contributed by atoms with Gasteiger partial charge in [-0.25, -0.2) is 4.98 Å². The molecule has 0 spiro atoms. The van der Waals surface area contributed by atoms with E-state index in [1.807, 2.05) is 18.7 Å². The average Bonchev–Trinajstić information content (AvgIpc) is 2.31. The summed E-state index contributed by atoms with van der Waals surface area (Å²) in [5, 5.41) is 4.36. The average molecular weight is 320 g/mol. The van der Waals surface area contributed by atoms with E-state index in [4.69, 9.17) is 23.2 Å². The van der Waals surface area contributed by atoms with Crippen LogP contribution in [0.5, 0.6) is 0 Å². The molecule has 1 saturated heterocycles. The van der Waals surface area contributed by atoms with Gasteiger partial charge >= 0.3 is 0 Å². The van der Waals surface area contributed by atoms with E-state index in [1.54, 1.807) is 6.07 Å². The summed E-state index contributed by atoms with van der Waals surface area (Å²) in [5.74, 6) is 2.62. The summed E-state index contributed by atoms with van der Waals surface area (Å²) in [6.07, 6.45) is 0. The van der Waals surface area contributed by atoms with Gasteiger partial charge in [0.2, 0.25) is 0 Å². The molecule has 0 unspecified atom stereocenters. The third-order valence-electron chi connectivity index (χ3n) is 2.98. The number of rotatable bonds is 3. The van der Waals surface area contributed by atoms with E-state index in [0.717, 1.165) is 31.2 Å². The summed E-state index contributed by atoms with van der Waals surface area (Å²) < 4.78 is 0.223. The van der Waals surface area contributed by atoms with E-state index in [1.165, 1.54) is 0 Å². The molecule has 0 saturated carbocycles. The van der Waals surface area contributed by atoms with Crippen molar-refractivity contribution in [3.63, 3.8) is 0 Å². The molecule has 0 radical (unpaired) electrons. The Kier molecular flexibility index (Phi) is 4.75. The Labute approximate surface area is 129 Å². The molecule has 0 atom stereocenters. The zero-order valence-corrected chi connectivity index (χ0v) is 13.8.